The van der Waals surface area contributed by atoms with Crippen LogP contribution in [0.15, 0.2) is 48.5 Å². The number of aromatic hydroxyl groups is 1. The number of hydrogen-bond acceptors (Lipinski definition) is 3. The van der Waals surface area contributed by atoms with Gasteiger partial charge in [0.25, 0.3) is 0 Å². The molecule has 2 aromatic carbocycles. The molecule has 3 nitrogen and oxygen atoms in total. The number of nitrogens with zero attached hydrogens (tertiary/aromatic N) is 1. The molecule has 140 valence electrons. The largest absolute Gasteiger partial charge is 0.508 e. The number of hydrogen-bond donors (Lipinski definition) is 2. The van der Waals surface area contributed by atoms with Crippen molar-refractivity contribution in [2.45, 2.75) is 38.2 Å². The smallest absolute Gasteiger partial charge is 0.115 e. The fourth-order valence-electron chi connectivity index (χ4n) is 4.41. The van der Waals surface area contributed by atoms with Crippen molar-refractivity contribution >= 4 is 0 Å². The molecule has 0 radical (unpaired) electrons. The topological polar surface area (TPSA) is 43.7 Å². The van der Waals surface area contributed by atoms with Gasteiger partial charge in [-0.05, 0) is 75.9 Å². The molecule has 0 spiro atoms. The number of phenolic OH excluding ortho intramolecular Hbond substituents is 1. The Morgan fingerprint density at radius 2 is 1.85 bits per heavy atom. The Labute approximate surface area is 157 Å². The van der Waals surface area contributed by atoms with E-state index in [1.165, 1.54) is 11.1 Å². The first-order valence-corrected chi connectivity index (χ1v) is 9.59. The molecule has 0 heterocycles. The van der Waals surface area contributed by atoms with Crippen LogP contribution in [-0.2, 0) is 12.0 Å². The Hall–Kier alpha value is -1.84. The summed E-state index contributed by atoms with van der Waals surface area (Å²) >= 11 is 0. The normalized spacial score (nSPS) is 26.2. The molecule has 3 unspecified atom stereocenters. The lowest BCUT2D eigenvalue weighted by molar-refractivity contribution is -0.0753. The van der Waals surface area contributed by atoms with Crippen molar-refractivity contribution in [1.29, 1.82) is 0 Å². The second kappa shape index (κ2) is 7.81. The maximum Gasteiger partial charge on any atom is 0.115 e. The highest BCUT2D eigenvalue weighted by atomic mass is 16.3. The number of phenols is 1. The summed E-state index contributed by atoms with van der Waals surface area (Å²) in [4.78, 5) is 2.16. The Bertz CT molecular complexity index is 725. The molecule has 3 atom stereocenters. The van der Waals surface area contributed by atoms with Gasteiger partial charge in [-0.15, -0.1) is 0 Å². The van der Waals surface area contributed by atoms with E-state index in [0.29, 0.717) is 5.92 Å². The molecule has 1 aliphatic carbocycles. The fourth-order valence-corrected chi connectivity index (χ4v) is 4.41. The first-order valence-electron chi connectivity index (χ1n) is 9.59. The predicted molar refractivity (Wildman–Crippen MR) is 106 cm³/mol. The lowest BCUT2D eigenvalue weighted by Gasteiger charge is -2.44. The molecule has 0 amide bonds. The summed E-state index contributed by atoms with van der Waals surface area (Å²) < 4.78 is 0. The zero-order valence-electron chi connectivity index (χ0n) is 16.2. The van der Waals surface area contributed by atoms with Gasteiger partial charge in [-0.3, -0.25) is 0 Å². The van der Waals surface area contributed by atoms with E-state index in [1.54, 1.807) is 12.1 Å². The monoisotopic (exact) mass is 353 g/mol. The van der Waals surface area contributed by atoms with Crippen molar-refractivity contribution in [1.82, 2.24) is 4.90 Å². The van der Waals surface area contributed by atoms with E-state index in [1.807, 2.05) is 12.1 Å². The molecule has 0 bridgehead atoms. The first-order chi connectivity index (χ1) is 12.4. The van der Waals surface area contributed by atoms with E-state index < -0.39 is 5.60 Å². The maximum atomic E-state index is 11.6. The van der Waals surface area contributed by atoms with E-state index in [4.69, 9.17) is 0 Å². The third-order valence-corrected chi connectivity index (χ3v) is 5.80. The molecule has 2 N–H and O–H groups in total. The van der Waals surface area contributed by atoms with Gasteiger partial charge in [0.05, 0.1) is 5.60 Å². The Kier molecular flexibility index (Phi) is 5.69. The lowest BCUT2D eigenvalue weighted by Crippen LogP contribution is -2.45. The highest BCUT2D eigenvalue weighted by Gasteiger charge is 2.43. The van der Waals surface area contributed by atoms with Gasteiger partial charge in [0, 0.05) is 12.5 Å². The highest BCUT2D eigenvalue weighted by Crippen LogP contribution is 2.45. The second-order valence-electron chi connectivity index (χ2n) is 8.26. The van der Waals surface area contributed by atoms with Gasteiger partial charge < -0.3 is 15.1 Å². The van der Waals surface area contributed by atoms with Crippen molar-refractivity contribution in [2.24, 2.45) is 11.8 Å². The van der Waals surface area contributed by atoms with E-state index in [2.05, 4.69) is 50.2 Å². The molecule has 1 aliphatic rings. The molecule has 0 saturated heterocycles. The van der Waals surface area contributed by atoms with Crippen LogP contribution >= 0.6 is 0 Å². The van der Waals surface area contributed by atoms with Crippen molar-refractivity contribution in [2.75, 3.05) is 20.6 Å². The first kappa shape index (κ1) is 18.9. The van der Waals surface area contributed by atoms with Gasteiger partial charge in [0.1, 0.15) is 5.75 Å². The van der Waals surface area contributed by atoms with Gasteiger partial charge in [0.15, 0.2) is 0 Å². The van der Waals surface area contributed by atoms with Gasteiger partial charge in [-0.25, -0.2) is 0 Å². The van der Waals surface area contributed by atoms with Gasteiger partial charge in [0.2, 0.25) is 0 Å². The van der Waals surface area contributed by atoms with Crippen LogP contribution < -0.4 is 0 Å². The molecular formula is C23H31NO2. The summed E-state index contributed by atoms with van der Waals surface area (Å²) in [5.41, 5.74) is 2.65. The van der Waals surface area contributed by atoms with Crippen LogP contribution in [0.3, 0.4) is 0 Å². The van der Waals surface area contributed by atoms with E-state index >= 15 is 0 Å². The predicted octanol–water partition coefficient (Wildman–Crippen LogP) is 4.11. The quantitative estimate of drug-likeness (QED) is 0.850. The van der Waals surface area contributed by atoms with E-state index in [9.17, 15) is 10.2 Å². The molecule has 0 aromatic heterocycles. The third-order valence-electron chi connectivity index (χ3n) is 5.80. The summed E-state index contributed by atoms with van der Waals surface area (Å²) in [7, 11) is 4.12. The number of rotatable bonds is 5. The van der Waals surface area contributed by atoms with Crippen LogP contribution in [0.25, 0.3) is 0 Å². The Balaban J connectivity index is 1.79. The van der Waals surface area contributed by atoms with Crippen molar-refractivity contribution in [3.05, 3.63) is 65.2 Å². The van der Waals surface area contributed by atoms with Gasteiger partial charge in [-0.1, -0.05) is 42.0 Å². The van der Waals surface area contributed by atoms with Crippen LogP contribution in [0.1, 0.15) is 36.0 Å². The average molecular weight is 354 g/mol. The summed E-state index contributed by atoms with van der Waals surface area (Å²) in [6, 6.07) is 16.0. The van der Waals surface area contributed by atoms with Crippen LogP contribution in [0.5, 0.6) is 5.75 Å². The second-order valence-corrected chi connectivity index (χ2v) is 8.26. The average Bonchev–Trinajstić information content (AvgIpc) is 2.59. The van der Waals surface area contributed by atoms with E-state index in [-0.39, 0.29) is 11.7 Å². The van der Waals surface area contributed by atoms with Gasteiger partial charge >= 0.3 is 0 Å². The van der Waals surface area contributed by atoms with E-state index in [0.717, 1.165) is 37.8 Å². The highest BCUT2D eigenvalue weighted by molar-refractivity contribution is 5.32. The van der Waals surface area contributed by atoms with Crippen LogP contribution in [0, 0.1) is 18.8 Å². The summed E-state index contributed by atoms with van der Waals surface area (Å²) in [6.45, 7) is 2.96. The van der Waals surface area contributed by atoms with Crippen LogP contribution in [0.4, 0.5) is 0 Å². The Morgan fingerprint density at radius 1 is 1.12 bits per heavy atom. The van der Waals surface area contributed by atoms with Crippen molar-refractivity contribution in [3.8, 4) is 5.75 Å². The van der Waals surface area contributed by atoms with Crippen LogP contribution in [0.2, 0.25) is 0 Å². The fraction of sp³-hybridized carbons (Fsp3) is 0.478. The zero-order valence-corrected chi connectivity index (χ0v) is 16.2. The van der Waals surface area contributed by atoms with Crippen molar-refractivity contribution < 1.29 is 10.2 Å². The standard InChI is InChI=1S/C23H31NO2/c1-17-7-9-18(10-8-17)13-19-11-12-23(26,21(14-19)16-24(2)3)20-5-4-6-22(25)15-20/h4-10,15,19,21,25-26H,11-14,16H2,1-3H3. The Morgan fingerprint density at radius 3 is 2.50 bits per heavy atom. The zero-order chi connectivity index (χ0) is 18.7. The maximum absolute atomic E-state index is 11.6. The number of aliphatic hydroxyl groups is 1. The summed E-state index contributed by atoms with van der Waals surface area (Å²) in [6.07, 6.45) is 3.81. The molecule has 1 fully saturated rings. The SMILES string of the molecule is Cc1ccc(CC2CCC(O)(c3cccc(O)c3)C(CN(C)C)C2)cc1. The number of aryl methyl sites for hydroxylation is 1. The summed E-state index contributed by atoms with van der Waals surface area (Å²) in [5.74, 6) is 0.963. The molecule has 0 aliphatic heterocycles. The van der Waals surface area contributed by atoms with Crippen molar-refractivity contribution in [3.63, 3.8) is 0 Å². The molecular weight excluding hydrogens is 322 g/mol. The minimum absolute atomic E-state index is 0.156. The summed E-state index contributed by atoms with van der Waals surface area (Å²) in [5, 5.41) is 21.4. The van der Waals surface area contributed by atoms with Crippen LogP contribution in [-0.4, -0.2) is 35.8 Å². The molecule has 3 heteroatoms. The van der Waals surface area contributed by atoms with Gasteiger partial charge in [-0.2, -0.15) is 0 Å². The third kappa shape index (κ3) is 4.28. The minimum atomic E-state index is -0.868. The molecule has 26 heavy (non-hydrogen) atoms. The lowest BCUT2D eigenvalue weighted by atomic mass is 9.66. The molecule has 2 aromatic rings. The molecule has 3 rings (SSSR count). The number of benzene rings is 2. The minimum Gasteiger partial charge on any atom is -0.508 e. The molecule has 1 saturated carbocycles.